The molecule has 2 unspecified atom stereocenters. The van der Waals surface area contributed by atoms with Crippen molar-refractivity contribution in [3.63, 3.8) is 0 Å². The number of amides is 1. The van der Waals surface area contributed by atoms with E-state index in [2.05, 4.69) is 23.6 Å². The van der Waals surface area contributed by atoms with E-state index in [4.69, 9.17) is 9.47 Å². The lowest BCUT2D eigenvalue weighted by Gasteiger charge is -2.23. The topological polar surface area (TPSA) is 59.6 Å². The van der Waals surface area contributed by atoms with Gasteiger partial charge in [-0.15, -0.1) is 0 Å². The summed E-state index contributed by atoms with van der Waals surface area (Å²) in [6, 6.07) is 8.43. The van der Waals surface area contributed by atoms with Crippen LogP contribution in [0.15, 0.2) is 24.3 Å². The number of rotatable bonds is 7. The minimum Gasteiger partial charge on any atom is -0.496 e. The Morgan fingerprint density at radius 3 is 2.43 bits per heavy atom. The molecule has 23 heavy (non-hydrogen) atoms. The number of hydrogen-bond acceptors (Lipinski definition) is 4. The highest BCUT2D eigenvalue weighted by atomic mass is 16.6. The zero-order valence-electron chi connectivity index (χ0n) is 15.1. The molecule has 0 aliphatic rings. The maximum atomic E-state index is 11.6. The van der Waals surface area contributed by atoms with Gasteiger partial charge in [-0.25, -0.2) is 4.79 Å². The smallest absolute Gasteiger partial charge is 0.407 e. The predicted octanol–water partition coefficient (Wildman–Crippen LogP) is 3.13. The van der Waals surface area contributed by atoms with Gasteiger partial charge in [0.15, 0.2) is 0 Å². The maximum absolute atomic E-state index is 11.6. The van der Waals surface area contributed by atoms with E-state index >= 15 is 0 Å². The van der Waals surface area contributed by atoms with Gasteiger partial charge in [0.2, 0.25) is 0 Å². The van der Waals surface area contributed by atoms with Crippen molar-refractivity contribution in [2.45, 2.75) is 58.7 Å². The molecule has 0 aliphatic carbocycles. The van der Waals surface area contributed by atoms with Crippen LogP contribution in [0.5, 0.6) is 5.75 Å². The first kappa shape index (κ1) is 19.3. The second kappa shape index (κ2) is 8.77. The van der Waals surface area contributed by atoms with Gasteiger partial charge in [-0.05, 0) is 52.7 Å². The van der Waals surface area contributed by atoms with Gasteiger partial charge in [0.25, 0.3) is 0 Å². The molecule has 1 rings (SSSR count). The molecule has 5 nitrogen and oxygen atoms in total. The van der Waals surface area contributed by atoms with Crippen LogP contribution in [0.1, 0.15) is 40.2 Å². The molecule has 0 aliphatic heterocycles. The minimum absolute atomic E-state index is 0.146. The lowest BCUT2D eigenvalue weighted by atomic mass is 10.1. The van der Waals surface area contributed by atoms with E-state index in [1.165, 1.54) is 5.56 Å². The number of carbonyl (C=O) groups is 1. The highest BCUT2D eigenvalue weighted by molar-refractivity contribution is 5.67. The molecule has 1 amide bonds. The average Bonchev–Trinajstić information content (AvgIpc) is 2.44. The molecular weight excluding hydrogens is 292 g/mol. The van der Waals surface area contributed by atoms with E-state index < -0.39 is 5.60 Å². The van der Waals surface area contributed by atoms with E-state index in [0.29, 0.717) is 6.54 Å². The van der Waals surface area contributed by atoms with Crippen LogP contribution in [0, 0.1) is 0 Å². The van der Waals surface area contributed by atoms with E-state index in [-0.39, 0.29) is 18.2 Å². The Labute approximate surface area is 139 Å². The van der Waals surface area contributed by atoms with Crippen LogP contribution >= 0.6 is 0 Å². The number of benzene rings is 1. The third kappa shape index (κ3) is 7.88. The first-order valence-corrected chi connectivity index (χ1v) is 8.06. The van der Waals surface area contributed by atoms with Crippen LogP contribution in [0.25, 0.3) is 0 Å². The Morgan fingerprint density at radius 2 is 1.83 bits per heavy atom. The zero-order chi connectivity index (χ0) is 17.5. The van der Waals surface area contributed by atoms with E-state index in [1.54, 1.807) is 7.11 Å². The van der Waals surface area contributed by atoms with Crippen molar-refractivity contribution in [3.05, 3.63) is 29.8 Å². The maximum Gasteiger partial charge on any atom is 0.407 e. The van der Waals surface area contributed by atoms with Crippen molar-refractivity contribution in [1.29, 1.82) is 0 Å². The molecule has 0 radical (unpaired) electrons. The summed E-state index contributed by atoms with van der Waals surface area (Å²) >= 11 is 0. The number of nitrogens with one attached hydrogen (secondary N) is 2. The van der Waals surface area contributed by atoms with Crippen LogP contribution in [-0.4, -0.2) is 37.4 Å². The summed E-state index contributed by atoms with van der Waals surface area (Å²) in [5.41, 5.74) is 0.694. The molecule has 2 N–H and O–H groups in total. The molecule has 2 atom stereocenters. The monoisotopic (exact) mass is 322 g/mol. The SMILES string of the molecule is COc1ccccc1CC(C)NC(C)CNC(=O)OC(C)(C)C. The van der Waals surface area contributed by atoms with Crippen molar-refractivity contribution in [2.75, 3.05) is 13.7 Å². The summed E-state index contributed by atoms with van der Waals surface area (Å²) in [6.07, 6.45) is 0.476. The summed E-state index contributed by atoms with van der Waals surface area (Å²) in [6.45, 7) is 10.2. The number of para-hydroxylation sites is 1. The van der Waals surface area contributed by atoms with Gasteiger partial charge in [-0.1, -0.05) is 18.2 Å². The highest BCUT2D eigenvalue weighted by Gasteiger charge is 2.17. The number of carbonyl (C=O) groups excluding carboxylic acids is 1. The van der Waals surface area contributed by atoms with E-state index in [0.717, 1.165) is 12.2 Å². The van der Waals surface area contributed by atoms with Gasteiger partial charge in [-0.2, -0.15) is 0 Å². The fourth-order valence-corrected chi connectivity index (χ4v) is 2.36. The number of methoxy groups -OCH3 is 1. The van der Waals surface area contributed by atoms with Crippen molar-refractivity contribution in [2.24, 2.45) is 0 Å². The van der Waals surface area contributed by atoms with Crippen molar-refractivity contribution in [3.8, 4) is 5.75 Å². The Morgan fingerprint density at radius 1 is 1.17 bits per heavy atom. The number of ether oxygens (including phenoxy) is 2. The lowest BCUT2D eigenvalue weighted by Crippen LogP contribution is -2.44. The molecule has 0 bridgehead atoms. The third-order valence-corrected chi connectivity index (χ3v) is 3.24. The molecule has 0 saturated carbocycles. The molecule has 1 aromatic carbocycles. The van der Waals surface area contributed by atoms with Crippen LogP contribution < -0.4 is 15.4 Å². The largest absolute Gasteiger partial charge is 0.496 e. The molecule has 0 heterocycles. The van der Waals surface area contributed by atoms with Gasteiger partial charge in [0.05, 0.1) is 7.11 Å². The Hall–Kier alpha value is -1.75. The van der Waals surface area contributed by atoms with E-state index in [1.807, 2.05) is 45.9 Å². The predicted molar refractivity (Wildman–Crippen MR) is 93.0 cm³/mol. The molecule has 0 fully saturated rings. The van der Waals surface area contributed by atoms with Crippen molar-refractivity contribution < 1.29 is 14.3 Å². The lowest BCUT2D eigenvalue weighted by molar-refractivity contribution is 0.0522. The van der Waals surface area contributed by atoms with Crippen molar-refractivity contribution >= 4 is 6.09 Å². The normalized spacial score (nSPS) is 14.0. The Bertz CT molecular complexity index is 497. The molecular formula is C18H30N2O3. The van der Waals surface area contributed by atoms with E-state index in [9.17, 15) is 4.79 Å². The van der Waals surface area contributed by atoms with Gasteiger partial charge >= 0.3 is 6.09 Å². The summed E-state index contributed by atoms with van der Waals surface area (Å²) in [5.74, 6) is 0.903. The summed E-state index contributed by atoms with van der Waals surface area (Å²) in [4.78, 5) is 11.6. The van der Waals surface area contributed by atoms with Gasteiger partial charge in [0, 0.05) is 18.6 Å². The van der Waals surface area contributed by atoms with Crippen molar-refractivity contribution in [1.82, 2.24) is 10.6 Å². The van der Waals surface area contributed by atoms with Crippen LogP contribution in [0.4, 0.5) is 4.79 Å². The first-order valence-electron chi connectivity index (χ1n) is 8.06. The number of alkyl carbamates (subject to hydrolysis) is 1. The summed E-state index contributed by atoms with van der Waals surface area (Å²) in [7, 11) is 1.68. The Kier molecular flexibility index (Phi) is 7.36. The van der Waals surface area contributed by atoms with Crippen LogP contribution in [-0.2, 0) is 11.2 Å². The molecule has 0 aromatic heterocycles. The van der Waals surface area contributed by atoms with Gasteiger partial charge in [0.1, 0.15) is 11.4 Å². The molecule has 130 valence electrons. The molecule has 1 aromatic rings. The summed E-state index contributed by atoms with van der Waals surface area (Å²) in [5, 5.41) is 6.25. The van der Waals surface area contributed by atoms with Crippen LogP contribution in [0.3, 0.4) is 0 Å². The number of hydrogen-bond donors (Lipinski definition) is 2. The fourth-order valence-electron chi connectivity index (χ4n) is 2.36. The van der Waals surface area contributed by atoms with Gasteiger partial charge in [-0.3, -0.25) is 0 Å². The second-order valence-corrected chi connectivity index (χ2v) is 6.87. The highest BCUT2D eigenvalue weighted by Crippen LogP contribution is 2.18. The fraction of sp³-hybridized carbons (Fsp3) is 0.611. The molecule has 0 saturated heterocycles. The standard InChI is InChI=1S/C18H30N2O3/c1-13(11-15-9-7-8-10-16(15)22-6)20-14(2)12-19-17(21)23-18(3,4)5/h7-10,13-14,20H,11-12H2,1-6H3,(H,19,21). The zero-order valence-corrected chi connectivity index (χ0v) is 15.1. The Balaban J connectivity index is 2.39. The minimum atomic E-state index is -0.474. The van der Waals surface area contributed by atoms with Crippen LogP contribution in [0.2, 0.25) is 0 Å². The quantitative estimate of drug-likeness (QED) is 0.810. The second-order valence-electron chi connectivity index (χ2n) is 6.87. The molecule has 5 heteroatoms. The third-order valence-electron chi connectivity index (χ3n) is 3.24. The summed E-state index contributed by atoms with van der Waals surface area (Å²) < 4.78 is 10.6. The van der Waals surface area contributed by atoms with Gasteiger partial charge < -0.3 is 20.1 Å². The molecule has 0 spiro atoms. The first-order chi connectivity index (χ1) is 10.7. The average molecular weight is 322 g/mol.